The second-order valence-corrected chi connectivity index (χ2v) is 3.21. The number of rotatable bonds is 3. The average molecular weight is 198 g/mol. The van der Waals surface area contributed by atoms with Gasteiger partial charge in [0.2, 0.25) is 5.60 Å². The fourth-order valence-electron chi connectivity index (χ4n) is 1.48. The van der Waals surface area contributed by atoms with Crippen molar-refractivity contribution in [3.8, 4) is 0 Å². The first kappa shape index (κ1) is 10.8. The fraction of sp³-hybridized carbons (Fsp3) is 0.600. The van der Waals surface area contributed by atoms with Crippen LogP contribution in [0.15, 0.2) is 12.7 Å². The molecule has 0 aliphatic carbocycles. The molecule has 0 aromatic carbocycles. The first-order chi connectivity index (χ1) is 6.64. The van der Waals surface area contributed by atoms with E-state index in [-0.39, 0.29) is 0 Å². The summed E-state index contributed by atoms with van der Waals surface area (Å²) in [5, 5.41) is 0. The highest BCUT2D eigenvalue weighted by Gasteiger charge is 2.43. The van der Waals surface area contributed by atoms with Crippen molar-refractivity contribution >= 4 is 11.9 Å². The van der Waals surface area contributed by atoms with Gasteiger partial charge in [-0.25, -0.2) is 9.59 Å². The van der Waals surface area contributed by atoms with Gasteiger partial charge < -0.3 is 9.47 Å². The molecule has 0 N–H and O–H groups in total. The van der Waals surface area contributed by atoms with Gasteiger partial charge in [-0.1, -0.05) is 13.5 Å². The lowest BCUT2D eigenvalue weighted by atomic mass is 9.92. The molecule has 0 amide bonds. The fourth-order valence-corrected chi connectivity index (χ4v) is 1.48. The van der Waals surface area contributed by atoms with Crippen LogP contribution in [0, 0.1) is 0 Å². The highest BCUT2D eigenvalue weighted by molar-refractivity contribution is 5.87. The average Bonchev–Trinajstić information content (AvgIpc) is 2.21. The first-order valence-corrected chi connectivity index (χ1v) is 4.67. The van der Waals surface area contributed by atoms with Crippen LogP contribution in [-0.2, 0) is 19.1 Å². The van der Waals surface area contributed by atoms with Crippen molar-refractivity contribution in [3.63, 3.8) is 0 Å². The van der Waals surface area contributed by atoms with E-state index in [1.807, 2.05) is 0 Å². The molecule has 0 spiro atoms. The molecule has 0 saturated carbocycles. The molecule has 0 aromatic rings. The lowest BCUT2D eigenvalue weighted by Crippen LogP contribution is -2.46. The van der Waals surface area contributed by atoms with E-state index < -0.39 is 17.5 Å². The molecule has 0 radical (unpaired) electrons. The molecule has 4 nitrogen and oxygen atoms in total. The molecular formula is C10H14O4. The lowest BCUT2D eigenvalue weighted by Gasteiger charge is -2.32. The second kappa shape index (κ2) is 4.26. The van der Waals surface area contributed by atoms with Crippen molar-refractivity contribution in [2.24, 2.45) is 0 Å². The summed E-state index contributed by atoms with van der Waals surface area (Å²) in [5.74, 6) is -1.02. The Morgan fingerprint density at radius 1 is 1.79 bits per heavy atom. The molecule has 78 valence electrons. The maximum atomic E-state index is 11.5. The molecule has 1 aliphatic rings. The largest absolute Gasteiger partial charge is 0.463 e. The predicted molar refractivity (Wildman–Crippen MR) is 49.5 cm³/mol. The van der Waals surface area contributed by atoms with Crippen LogP contribution >= 0.6 is 0 Å². The van der Waals surface area contributed by atoms with E-state index in [2.05, 4.69) is 6.58 Å². The van der Waals surface area contributed by atoms with E-state index in [0.29, 0.717) is 19.4 Å². The Kier molecular flexibility index (Phi) is 3.28. The number of hydrogen-bond acceptors (Lipinski definition) is 4. The van der Waals surface area contributed by atoms with Crippen LogP contribution in [0.5, 0.6) is 0 Å². The van der Waals surface area contributed by atoms with E-state index in [0.717, 1.165) is 12.5 Å². The zero-order valence-corrected chi connectivity index (χ0v) is 8.25. The van der Waals surface area contributed by atoms with Crippen LogP contribution in [0.4, 0.5) is 0 Å². The van der Waals surface area contributed by atoms with E-state index in [1.54, 1.807) is 6.92 Å². The SMILES string of the molecule is C=CC(=O)OC1(CC)CCCOC1=O. The van der Waals surface area contributed by atoms with Gasteiger partial charge in [-0.2, -0.15) is 0 Å². The molecule has 1 unspecified atom stereocenters. The second-order valence-electron chi connectivity index (χ2n) is 3.21. The highest BCUT2D eigenvalue weighted by atomic mass is 16.6. The third-order valence-corrected chi connectivity index (χ3v) is 2.36. The monoisotopic (exact) mass is 198 g/mol. The first-order valence-electron chi connectivity index (χ1n) is 4.67. The smallest absolute Gasteiger partial charge is 0.350 e. The van der Waals surface area contributed by atoms with E-state index in [1.165, 1.54) is 0 Å². The normalized spacial score (nSPS) is 26.5. The number of ether oxygens (including phenoxy) is 2. The third kappa shape index (κ3) is 1.95. The van der Waals surface area contributed by atoms with Gasteiger partial charge in [-0.05, 0) is 12.8 Å². The van der Waals surface area contributed by atoms with Crippen LogP contribution in [-0.4, -0.2) is 24.1 Å². The Labute approximate surface area is 82.9 Å². The van der Waals surface area contributed by atoms with Crippen molar-refractivity contribution in [3.05, 3.63) is 12.7 Å². The van der Waals surface area contributed by atoms with Crippen molar-refractivity contribution in [2.75, 3.05) is 6.61 Å². The molecule has 1 saturated heterocycles. The van der Waals surface area contributed by atoms with E-state index >= 15 is 0 Å². The highest BCUT2D eigenvalue weighted by Crippen LogP contribution is 2.28. The summed E-state index contributed by atoms with van der Waals surface area (Å²) in [4.78, 5) is 22.5. The minimum atomic E-state index is -1.08. The van der Waals surface area contributed by atoms with Crippen LogP contribution in [0.3, 0.4) is 0 Å². The quantitative estimate of drug-likeness (QED) is 0.505. The van der Waals surface area contributed by atoms with Gasteiger partial charge in [0.05, 0.1) is 6.61 Å². The van der Waals surface area contributed by atoms with Crippen LogP contribution < -0.4 is 0 Å². The summed E-state index contributed by atoms with van der Waals surface area (Å²) >= 11 is 0. The standard InChI is InChI=1S/C10H14O4/c1-3-8(11)14-10(4-2)6-5-7-13-9(10)12/h3H,1,4-7H2,2H3. The van der Waals surface area contributed by atoms with Gasteiger partial charge in [-0.3, -0.25) is 0 Å². The summed E-state index contributed by atoms with van der Waals surface area (Å²) in [5.41, 5.74) is -1.08. The lowest BCUT2D eigenvalue weighted by molar-refractivity contribution is -0.188. The Balaban J connectivity index is 2.77. The predicted octanol–water partition coefficient (Wildman–Crippen LogP) is 1.20. The van der Waals surface area contributed by atoms with Crippen LogP contribution in [0.2, 0.25) is 0 Å². The Morgan fingerprint density at radius 3 is 3.00 bits per heavy atom. The number of hydrogen-bond donors (Lipinski definition) is 0. The van der Waals surface area contributed by atoms with E-state index in [4.69, 9.17) is 9.47 Å². The summed E-state index contributed by atoms with van der Waals surface area (Å²) in [6.07, 6.45) is 2.75. The zero-order chi connectivity index (χ0) is 10.6. The Bertz CT molecular complexity index is 259. The van der Waals surface area contributed by atoms with Crippen LogP contribution in [0.25, 0.3) is 0 Å². The molecule has 1 rings (SSSR count). The summed E-state index contributed by atoms with van der Waals surface area (Å²) in [6, 6.07) is 0. The molecule has 4 heteroatoms. The number of carbonyl (C=O) groups excluding carboxylic acids is 2. The van der Waals surface area contributed by atoms with Crippen molar-refractivity contribution in [1.82, 2.24) is 0 Å². The minimum absolute atomic E-state index is 0.409. The van der Waals surface area contributed by atoms with Crippen LogP contribution in [0.1, 0.15) is 26.2 Å². The topological polar surface area (TPSA) is 52.6 Å². The van der Waals surface area contributed by atoms with Crippen molar-refractivity contribution in [2.45, 2.75) is 31.8 Å². The zero-order valence-electron chi connectivity index (χ0n) is 8.25. The molecule has 1 fully saturated rings. The van der Waals surface area contributed by atoms with Crippen molar-refractivity contribution in [1.29, 1.82) is 0 Å². The van der Waals surface area contributed by atoms with E-state index in [9.17, 15) is 9.59 Å². The number of cyclic esters (lactones) is 1. The van der Waals surface area contributed by atoms with Gasteiger partial charge in [-0.15, -0.1) is 0 Å². The summed E-state index contributed by atoms with van der Waals surface area (Å²) in [6.45, 7) is 5.49. The Morgan fingerprint density at radius 2 is 2.50 bits per heavy atom. The van der Waals surface area contributed by atoms with Gasteiger partial charge in [0.1, 0.15) is 0 Å². The van der Waals surface area contributed by atoms with Gasteiger partial charge in [0.25, 0.3) is 0 Å². The summed E-state index contributed by atoms with van der Waals surface area (Å²) in [7, 11) is 0. The van der Waals surface area contributed by atoms with Gasteiger partial charge in [0.15, 0.2) is 0 Å². The molecular weight excluding hydrogens is 184 g/mol. The Hall–Kier alpha value is -1.32. The molecule has 1 atom stereocenters. The number of carbonyl (C=O) groups is 2. The molecule has 0 aromatic heterocycles. The molecule has 1 heterocycles. The maximum Gasteiger partial charge on any atom is 0.350 e. The maximum absolute atomic E-state index is 11.5. The van der Waals surface area contributed by atoms with Crippen molar-refractivity contribution < 1.29 is 19.1 Å². The molecule has 1 aliphatic heterocycles. The van der Waals surface area contributed by atoms with Gasteiger partial charge >= 0.3 is 11.9 Å². The molecule has 14 heavy (non-hydrogen) atoms. The minimum Gasteiger partial charge on any atom is -0.463 e. The van der Waals surface area contributed by atoms with Gasteiger partial charge in [0, 0.05) is 12.5 Å². The third-order valence-electron chi connectivity index (χ3n) is 2.36. The molecule has 0 bridgehead atoms. The summed E-state index contributed by atoms with van der Waals surface area (Å²) < 4.78 is 9.94. The number of esters is 2.